The normalized spacial score (nSPS) is 41.3. The maximum Gasteiger partial charge on any atom is 0.299 e. The minimum absolute atomic E-state index is 0.107. The van der Waals surface area contributed by atoms with Crippen LogP contribution in [-0.4, -0.2) is 30.3 Å². The standard InChI is InChI=1S/C15H26N2O3S/c1-13(2)14(3,4)21(18,19)17-12(20-13)16-15-8-5-11(6-9-15)7-10-15/h11H,5-10H2,1-4H3,(H,16,17). The molecule has 120 valence electrons. The summed E-state index contributed by atoms with van der Waals surface area (Å²) in [6, 6.07) is 0.194. The molecule has 6 heteroatoms. The Morgan fingerprint density at radius 3 is 2.10 bits per heavy atom. The van der Waals surface area contributed by atoms with Crippen LogP contribution in [0.25, 0.3) is 0 Å². The average molecular weight is 314 g/mol. The quantitative estimate of drug-likeness (QED) is 0.809. The summed E-state index contributed by atoms with van der Waals surface area (Å²) in [5, 5.41) is 0. The van der Waals surface area contributed by atoms with E-state index in [1.54, 1.807) is 13.8 Å². The van der Waals surface area contributed by atoms with Gasteiger partial charge in [0.25, 0.3) is 6.02 Å². The van der Waals surface area contributed by atoms with Crippen molar-refractivity contribution in [2.75, 3.05) is 0 Å². The zero-order valence-electron chi connectivity index (χ0n) is 13.4. The Morgan fingerprint density at radius 2 is 1.62 bits per heavy atom. The number of fused-ring (bicyclic) bond motifs is 3. The van der Waals surface area contributed by atoms with Gasteiger partial charge < -0.3 is 4.74 Å². The number of amidine groups is 1. The maximum atomic E-state index is 12.5. The lowest BCUT2D eigenvalue weighted by molar-refractivity contribution is 0.0427. The van der Waals surface area contributed by atoms with Gasteiger partial charge in [0.05, 0.1) is 5.54 Å². The summed E-state index contributed by atoms with van der Waals surface area (Å²) in [7, 11) is -3.50. The predicted octanol–water partition coefficient (Wildman–Crippen LogP) is 2.57. The minimum Gasteiger partial charge on any atom is -0.457 e. The second-order valence-corrected chi connectivity index (χ2v) is 10.1. The lowest BCUT2D eigenvalue weighted by Gasteiger charge is -2.47. The summed E-state index contributed by atoms with van der Waals surface area (Å²) < 4.78 is 32.5. The van der Waals surface area contributed by atoms with Crippen LogP contribution in [0.3, 0.4) is 0 Å². The fourth-order valence-corrected chi connectivity index (χ4v) is 4.87. The van der Waals surface area contributed by atoms with Gasteiger partial charge in [-0.3, -0.25) is 0 Å². The predicted molar refractivity (Wildman–Crippen MR) is 82.7 cm³/mol. The molecule has 4 aliphatic rings. The van der Waals surface area contributed by atoms with Crippen molar-refractivity contribution in [1.82, 2.24) is 4.72 Å². The monoisotopic (exact) mass is 314 g/mol. The van der Waals surface area contributed by atoms with Gasteiger partial charge in [-0.2, -0.15) is 0 Å². The number of nitrogens with zero attached hydrogens (tertiary/aromatic N) is 1. The first-order valence-electron chi connectivity index (χ1n) is 7.88. The van der Waals surface area contributed by atoms with E-state index >= 15 is 0 Å². The maximum absolute atomic E-state index is 12.5. The highest BCUT2D eigenvalue weighted by atomic mass is 32.2. The molecular weight excluding hydrogens is 288 g/mol. The smallest absolute Gasteiger partial charge is 0.299 e. The van der Waals surface area contributed by atoms with Gasteiger partial charge in [-0.05, 0) is 72.1 Å². The van der Waals surface area contributed by atoms with E-state index in [2.05, 4.69) is 4.72 Å². The minimum atomic E-state index is -3.50. The van der Waals surface area contributed by atoms with Crippen molar-refractivity contribution in [3.8, 4) is 0 Å². The fraction of sp³-hybridized carbons (Fsp3) is 0.933. The molecule has 0 aromatic carbocycles. The van der Waals surface area contributed by atoms with Crippen LogP contribution in [0, 0.1) is 5.92 Å². The van der Waals surface area contributed by atoms with E-state index in [1.165, 1.54) is 19.3 Å². The molecule has 0 aromatic rings. The van der Waals surface area contributed by atoms with Gasteiger partial charge in [0.2, 0.25) is 10.0 Å². The molecule has 1 saturated heterocycles. The number of sulfonamides is 1. The third-order valence-corrected chi connectivity index (χ3v) is 8.37. The van der Waals surface area contributed by atoms with Gasteiger partial charge in [0.15, 0.2) is 0 Å². The molecule has 3 aliphatic carbocycles. The summed E-state index contributed by atoms with van der Waals surface area (Å²) in [6.07, 6.45) is 6.78. The fourth-order valence-electron chi connectivity index (χ4n) is 3.61. The molecule has 1 aliphatic heterocycles. The van der Waals surface area contributed by atoms with Crippen LogP contribution in [0.5, 0.6) is 0 Å². The van der Waals surface area contributed by atoms with E-state index in [9.17, 15) is 8.42 Å². The summed E-state index contributed by atoms with van der Waals surface area (Å²) in [5.41, 5.74) is -0.914. The zero-order valence-corrected chi connectivity index (χ0v) is 14.2. The van der Waals surface area contributed by atoms with Crippen molar-refractivity contribution >= 4 is 16.0 Å². The zero-order chi connectivity index (χ0) is 15.5. The largest absolute Gasteiger partial charge is 0.457 e. The first-order valence-corrected chi connectivity index (χ1v) is 9.37. The van der Waals surface area contributed by atoms with Crippen molar-refractivity contribution in [1.29, 1.82) is 0 Å². The van der Waals surface area contributed by atoms with Crippen LogP contribution in [0.2, 0.25) is 0 Å². The molecule has 0 radical (unpaired) electrons. The van der Waals surface area contributed by atoms with Gasteiger partial charge in [-0.1, -0.05) is 0 Å². The van der Waals surface area contributed by atoms with Crippen LogP contribution in [0.4, 0.5) is 0 Å². The first-order chi connectivity index (χ1) is 9.57. The van der Waals surface area contributed by atoms with E-state index in [1.807, 2.05) is 13.8 Å². The van der Waals surface area contributed by atoms with E-state index in [0.717, 1.165) is 25.2 Å². The highest BCUT2D eigenvalue weighted by Gasteiger charge is 2.55. The SMILES string of the molecule is CC1(C)OC(=NC23CCC(CC2)CC3)NS(=O)(=O)C1(C)C. The molecule has 1 N–H and O–H groups in total. The average Bonchev–Trinajstić information content (AvgIpc) is 2.37. The Morgan fingerprint density at radius 1 is 1.10 bits per heavy atom. The van der Waals surface area contributed by atoms with E-state index < -0.39 is 20.4 Å². The van der Waals surface area contributed by atoms with Gasteiger partial charge >= 0.3 is 0 Å². The molecule has 2 bridgehead atoms. The Balaban J connectivity index is 1.92. The Labute approximate surface area is 127 Å². The molecular formula is C15H26N2O3S. The molecule has 0 unspecified atom stereocenters. The Bertz CT molecular complexity index is 556. The van der Waals surface area contributed by atoms with Crippen LogP contribution in [0.1, 0.15) is 66.2 Å². The Hall–Kier alpha value is -0.780. The third-order valence-electron chi connectivity index (χ3n) is 6.09. The van der Waals surface area contributed by atoms with Crippen LogP contribution < -0.4 is 4.72 Å². The van der Waals surface area contributed by atoms with Gasteiger partial charge in [-0.25, -0.2) is 18.1 Å². The molecule has 0 spiro atoms. The number of hydrogen-bond donors (Lipinski definition) is 1. The second kappa shape index (κ2) is 4.37. The molecule has 4 rings (SSSR count). The van der Waals surface area contributed by atoms with Gasteiger partial charge in [0.1, 0.15) is 10.3 Å². The first kappa shape index (κ1) is 15.1. The third kappa shape index (κ3) is 2.26. The number of aliphatic imine (C=N–C) groups is 1. The number of nitrogens with one attached hydrogen (secondary N) is 1. The molecule has 21 heavy (non-hydrogen) atoms. The van der Waals surface area contributed by atoms with Crippen LogP contribution in [0.15, 0.2) is 4.99 Å². The van der Waals surface area contributed by atoms with E-state index in [4.69, 9.17) is 9.73 Å². The highest BCUT2D eigenvalue weighted by Crippen LogP contribution is 2.47. The van der Waals surface area contributed by atoms with Crippen molar-refractivity contribution in [2.24, 2.45) is 10.9 Å². The molecule has 1 heterocycles. The number of ether oxygens (including phenoxy) is 1. The van der Waals surface area contributed by atoms with Crippen LogP contribution in [-0.2, 0) is 14.8 Å². The molecule has 4 fully saturated rings. The van der Waals surface area contributed by atoms with Crippen molar-refractivity contribution in [2.45, 2.75) is 82.1 Å². The topological polar surface area (TPSA) is 67.8 Å². The summed E-state index contributed by atoms with van der Waals surface area (Å²) in [4.78, 5) is 4.74. The second-order valence-electron chi connectivity index (χ2n) is 7.85. The van der Waals surface area contributed by atoms with E-state index in [-0.39, 0.29) is 11.6 Å². The van der Waals surface area contributed by atoms with E-state index in [0.29, 0.717) is 0 Å². The van der Waals surface area contributed by atoms with Crippen molar-refractivity contribution in [3.63, 3.8) is 0 Å². The molecule has 5 nitrogen and oxygen atoms in total. The highest BCUT2D eigenvalue weighted by molar-refractivity contribution is 7.91. The van der Waals surface area contributed by atoms with Gasteiger partial charge in [0, 0.05) is 0 Å². The molecule has 3 saturated carbocycles. The van der Waals surface area contributed by atoms with Crippen LogP contribution >= 0.6 is 0 Å². The summed E-state index contributed by atoms with van der Waals surface area (Å²) in [5.74, 6) is 0.853. The van der Waals surface area contributed by atoms with Gasteiger partial charge in [-0.15, -0.1) is 0 Å². The molecule has 0 amide bonds. The molecule has 0 aromatic heterocycles. The van der Waals surface area contributed by atoms with Crippen molar-refractivity contribution < 1.29 is 13.2 Å². The Kier molecular flexibility index (Phi) is 3.15. The summed E-state index contributed by atoms with van der Waals surface area (Å²) in [6.45, 7) is 7.01. The summed E-state index contributed by atoms with van der Waals surface area (Å²) >= 11 is 0. The van der Waals surface area contributed by atoms with Crippen molar-refractivity contribution in [3.05, 3.63) is 0 Å². The number of hydrogen-bond acceptors (Lipinski definition) is 4. The number of rotatable bonds is 1. The molecule has 0 atom stereocenters. The lowest BCUT2D eigenvalue weighted by Crippen LogP contribution is -2.64. The lowest BCUT2D eigenvalue weighted by atomic mass is 9.66.